The Morgan fingerprint density at radius 1 is 1.60 bits per heavy atom. The molecule has 0 aromatic rings. The van der Waals surface area contributed by atoms with E-state index >= 15 is 0 Å². The minimum atomic E-state index is -0.332. The fourth-order valence-corrected chi connectivity index (χ4v) is 1.57. The van der Waals surface area contributed by atoms with Crippen LogP contribution in [0.15, 0.2) is 0 Å². The van der Waals surface area contributed by atoms with Crippen molar-refractivity contribution in [3.8, 4) is 0 Å². The van der Waals surface area contributed by atoms with Crippen molar-refractivity contribution >= 4 is 5.91 Å². The second-order valence-corrected chi connectivity index (χ2v) is 4.28. The molecule has 0 radical (unpaired) electrons. The lowest BCUT2D eigenvalue weighted by atomic mass is 10.2. The van der Waals surface area contributed by atoms with Gasteiger partial charge in [-0.3, -0.25) is 4.79 Å². The van der Waals surface area contributed by atoms with Crippen LogP contribution in [0.5, 0.6) is 0 Å². The smallest absolute Gasteiger partial charge is 0.222 e. The van der Waals surface area contributed by atoms with E-state index in [1.807, 2.05) is 0 Å². The first-order chi connectivity index (χ1) is 7.15. The summed E-state index contributed by atoms with van der Waals surface area (Å²) in [4.78, 5) is 13.2. The maximum Gasteiger partial charge on any atom is 0.222 e. The molecular weight excluding hydrogens is 194 g/mol. The molecule has 0 spiro atoms. The normalized spacial score (nSPS) is 17.5. The van der Waals surface area contributed by atoms with Gasteiger partial charge in [0.05, 0.1) is 6.10 Å². The van der Waals surface area contributed by atoms with Crippen LogP contribution in [-0.2, 0) is 9.53 Å². The number of nitrogens with zero attached hydrogens (tertiary/aromatic N) is 1. The zero-order chi connectivity index (χ0) is 11.3. The first kappa shape index (κ1) is 12.5. The number of methoxy groups -OCH3 is 1. The van der Waals surface area contributed by atoms with E-state index in [2.05, 4.69) is 0 Å². The van der Waals surface area contributed by atoms with Crippen LogP contribution in [0.4, 0.5) is 0 Å². The van der Waals surface area contributed by atoms with Gasteiger partial charge in [0.15, 0.2) is 0 Å². The van der Waals surface area contributed by atoms with Gasteiger partial charge < -0.3 is 14.7 Å². The van der Waals surface area contributed by atoms with Crippen LogP contribution in [0.1, 0.15) is 25.7 Å². The van der Waals surface area contributed by atoms with Crippen LogP contribution in [0.2, 0.25) is 0 Å². The Morgan fingerprint density at radius 3 is 2.80 bits per heavy atom. The van der Waals surface area contributed by atoms with E-state index in [1.54, 1.807) is 19.1 Å². The number of carbonyl (C=O) groups excluding carboxylic acids is 1. The fourth-order valence-electron chi connectivity index (χ4n) is 1.57. The Hall–Kier alpha value is -0.610. The Morgan fingerprint density at radius 2 is 2.27 bits per heavy atom. The molecule has 1 rings (SSSR count). The summed E-state index contributed by atoms with van der Waals surface area (Å²) in [5.74, 6) is 0.519. The van der Waals surface area contributed by atoms with Gasteiger partial charge in [0.25, 0.3) is 0 Å². The number of hydrogen-bond donors (Lipinski definition) is 1. The van der Waals surface area contributed by atoms with Gasteiger partial charge in [0, 0.05) is 33.7 Å². The van der Waals surface area contributed by atoms with Gasteiger partial charge in [-0.1, -0.05) is 0 Å². The predicted molar refractivity (Wildman–Crippen MR) is 57.5 cm³/mol. The summed E-state index contributed by atoms with van der Waals surface area (Å²) in [6.45, 7) is 1.08. The fraction of sp³-hybridized carbons (Fsp3) is 0.909. The van der Waals surface area contributed by atoms with Crippen LogP contribution in [0.25, 0.3) is 0 Å². The van der Waals surface area contributed by atoms with Crippen LogP contribution >= 0.6 is 0 Å². The number of ether oxygens (including phenoxy) is 1. The number of rotatable bonds is 7. The van der Waals surface area contributed by atoms with Gasteiger partial charge >= 0.3 is 0 Å². The zero-order valence-electron chi connectivity index (χ0n) is 9.61. The van der Waals surface area contributed by atoms with Crippen molar-refractivity contribution in [2.24, 2.45) is 5.92 Å². The third-order valence-corrected chi connectivity index (χ3v) is 2.79. The van der Waals surface area contributed by atoms with Gasteiger partial charge in [-0.15, -0.1) is 0 Å². The van der Waals surface area contributed by atoms with Crippen LogP contribution in [0, 0.1) is 5.92 Å². The molecule has 4 nitrogen and oxygen atoms in total. The Kier molecular flexibility index (Phi) is 5.05. The molecule has 15 heavy (non-hydrogen) atoms. The van der Waals surface area contributed by atoms with Crippen molar-refractivity contribution in [2.75, 3.05) is 27.3 Å². The summed E-state index contributed by atoms with van der Waals surface area (Å²) in [5.41, 5.74) is 0. The van der Waals surface area contributed by atoms with E-state index in [4.69, 9.17) is 4.74 Å². The number of likely N-dealkylation sites (N-methyl/N-ethyl adjacent to an activating group) is 1. The highest BCUT2D eigenvalue weighted by molar-refractivity contribution is 5.75. The molecule has 1 atom stereocenters. The number of amides is 1. The van der Waals surface area contributed by atoms with Crippen LogP contribution in [-0.4, -0.2) is 49.3 Å². The van der Waals surface area contributed by atoms with E-state index in [1.165, 1.54) is 0 Å². The summed E-state index contributed by atoms with van der Waals surface area (Å²) in [6, 6.07) is 0. The Balaban J connectivity index is 2.13. The van der Waals surface area contributed by atoms with Crippen molar-refractivity contribution in [3.05, 3.63) is 0 Å². The van der Waals surface area contributed by atoms with Crippen molar-refractivity contribution in [2.45, 2.75) is 31.8 Å². The quantitative estimate of drug-likeness (QED) is 0.634. The summed E-state index contributed by atoms with van der Waals surface area (Å²) in [5, 5.41) is 9.66. The molecule has 1 fully saturated rings. The third kappa shape index (κ3) is 4.62. The van der Waals surface area contributed by atoms with E-state index in [0.717, 1.165) is 19.3 Å². The predicted octanol–water partition coefficient (Wildman–Crippen LogP) is 0.642. The molecule has 1 amide bonds. The minimum Gasteiger partial charge on any atom is -0.391 e. The highest BCUT2D eigenvalue weighted by Crippen LogP contribution is 2.32. The molecular formula is C11H21NO3. The molecule has 4 heteroatoms. The zero-order valence-corrected chi connectivity index (χ0v) is 9.61. The van der Waals surface area contributed by atoms with Gasteiger partial charge in [-0.2, -0.15) is 0 Å². The molecule has 1 aliphatic carbocycles. The number of aliphatic hydroxyl groups is 1. The summed E-state index contributed by atoms with van der Waals surface area (Å²) in [6.07, 6.45) is 3.13. The second-order valence-electron chi connectivity index (χ2n) is 4.28. The first-order valence-electron chi connectivity index (χ1n) is 5.56. The molecule has 0 aromatic heterocycles. The topological polar surface area (TPSA) is 49.8 Å². The maximum absolute atomic E-state index is 11.6. The third-order valence-electron chi connectivity index (χ3n) is 2.79. The molecule has 0 bridgehead atoms. The molecule has 0 heterocycles. The van der Waals surface area contributed by atoms with Gasteiger partial charge in [-0.05, 0) is 25.2 Å². The largest absolute Gasteiger partial charge is 0.391 e. The van der Waals surface area contributed by atoms with Gasteiger partial charge in [0.2, 0.25) is 5.91 Å². The molecule has 1 aliphatic rings. The molecule has 0 saturated heterocycles. The highest BCUT2D eigenvalue weighted by Gasteiger charge is 2.30. The minimum absolute atomic E-state index is 0.0896. The average Bonchev–Trinajstić information content (AvgIpc) is 3.00. The summed E-state index contributed by atoms with van der Waals surface area (Å²) >= 11 is 0. The lowest BCUT2D eigenvalue weighted by Crippen LogP contribution is -2.35. The van der Waals surface area contributed by atoms with Gasteiger partial charge in [0.1, 0.15) is 0 Å². The average molecular weight is 215 g/mol. The Labute approximate surface area is 91.2 Å². The van der Waals surface area contributed by atoms with Crippen molar-refractivity contribution in [1.82, 2.24) is 4.90 Å². The molecule has 0 aliphatic heterocycles. The number of aliphatic hydroxyl groups excluding tert-OH is 1. The molecule has 1 saturated carbocycles. The van der Waals surface area contributed by atoms with Crippen molar-refractivity contribution in [1.29, 1.82) is 0 Å². The monoisotopic (exact) mass is 215 g/mol. The Bertz CT molecular complexity index is 204. The van der Waals surface area contributed by atoms with Crippen LogP contribution in [0.3, 0.4) is 0 Å². The molecule has 1 N–H and O–H groups in total. The van der Waals surface area contributed by atoms with E-state index in [0.29, 0.717) is 25.5 Å². The van der Waals surface area contributed by atoms with Crippen molar-refractivity contribution in [3.63, 3.8) is 0 Å². The first-order valence-corrected chi connectivity index (χ1v) is 5.56. The standard InChI is InChI=1S/C11H21NO3/c1-12(8-10(13)9-5-6-9)11(14)4-3-7-15-2/h9-10,13H,3-8H2,1-2H3. The number of carbonyl (C=O) groups is 1. The molecule has 88 valence electrons. The van der Waals surface area contributed by atoms with Crippen LogP contribution < -0.4 is 0 Å². The summed E-state index contributed by atoms with van der Waals surface area (Å²) in [7, 11) is 3.38. The SMILES string of the molecule is COCCCC(=O)N(C)CC(O)C1CC1. The van der Waals surface area contributed by atoms with Crippen molar-refractivity contribution < 1.29 is 14.6 Å². The number of hydrogen-bond acceptors (Lipinski definition) is 3. The highest BCUT2D eigenvalue weighted by atomic mass is 16.5. The van der Waals surface area contributed by atoms with E-state index < -0.39 is 0 Å². The second kappa shape index (κ2) is 6.08. The van der Waals surface area contributed by atoms with Gasteiger partial charge in [-0.25, -0.2) is 0 Å². The maximum atomic E-state index is 11.6. The molecule has 0 aromatic carbocycles. The van der Waals surface area contributed by atoms with E-state index in [9.17, 15) is 9.90 Å². The lowest BCUT2D eigenvalue weighted by molar-refractivity contribution is -0.131. The molecule has 1 unspecified atom stereocenters. The lowest BCUT2D eigenvalue weighted by Gasteiger charge is -2.20. The summed E-state index contributed by atoms with van der Waals surface area (Å²) < 4.78 is 4.88. The van der Waals surface area contributed by atoms with E-state index in [-0.39, 0.29) is 12.0 Å².